The van der Waals surface area contributed by atoms with Crippen molar-refractivity contribution in [2.24, 2.45) is 0 Å². The third-order valence-corrected chi connectivity index (χ3v) is 2.75. The molecule has 0 saturated carbocycles. The number of hydrogen-bond acceptors (Lipinski definition) is 4. The van der Waals surface area contributed by atoms with E-state index in [4.69, 9.17) is 5.26 Å². The van der Waals surface area contributed by atoms with Gasteiger partial charge in [-0.1, -0.05) is 12.1 Å². The normalized spacial score (nSPS) is 12.0. The molecule has 2 N–H and O–H groups in total. The Bertz CT molecular complexity index is 528. The number of rotatable bonds is 6. The molecule has 0 amide bonds. The number of benzene rings is 1. The van der Waals surface area contributed by atoms with E-state index < -0.39 is 6.10 Å². The van der Waals surface area contributed by atoms with E-state index in [0.717, 1.165) is 5.56 Å². The highest BCUT2D eigenvalue weighted by Crippen LogP contribution is 2.02. The van der Waals surface area contributed by atoms with Crippen LogP contribution in [0.25, 0.3) is 0 Å². The fourth-order valence-corrected chi connectivity index (χ4v) is 1.77. The molecule has 2 rings (SSSR count). The molecule has 0 aliphatic carbocycles. The monoisotopic (exact) mass is 256 g/mol. The molecule has 0 fully saturated rings. The Morgan fingerprint density at radius 1 is 1.37 bits per heavy atom. The van der Waals surface area contributed by atoms with Gasteiger partial charge in [-0.15, -0.1) is 0 Å². The Balaban J connectivity index is 1.72. The molecule has 0 bridgehead atoms. The summed E-state index contributed by atoms with van der Waals surface area (Å²) in [7, 11) is 0. The Morgan fingerprint density at radius 2 is 2.16 bits per heavy atom. The molecular formula is C14H16N4O. The van der Waals surface area contributed by atoms with Crippen LogP contribution in [-0.4, -0.2) is 27.5 Å². The molecule has 98 valence electrons. The first-order valence-electron chi connectivity index (χ1n) is 6.13. The van der Waals surface area contributed by atoms with Gasteiger partial charge in [-0.2, -0.15) is 10.4 Å². The minimum atomic E-state index is -0.474. The van der Waals surface area contributed by atoms with Crippen LogP contribution in [0.4, 0.5) is 0 Å². The van der Waals surface area contributed by atoms with Gasteiger partial charge in [0.1, 0.15) is 0 Å². The second kappa shape index (κ2) is 6.69. The van der Waals surface area contributed by atoms with Crippen LogP contribution in [0.15, 0.2) is 42.7 Å². The highest BCUT2D eigenvalue weighted by molar-refractivity contribution is 5.31. The lowest BCUT2D eigenvalue weighted by molar-refractivity contribution is 0.146. The van der Waals surface area contributed by atoms with Gasteiger partial charge in [0.2, 0.25) is 0 Å². The summed E-state index contributed by atoms with van der Waals surface area (Å²) in [6, 6.07) is 11.3. The first-order chi connectivity index (χ1) is 9.28. The molecule has 0 saturated heterocycles. The van der Waals surface area contributed by atoms with Crippen LogP contribution in [0.3, 0.4) is 0 Å². The van der Waals surface area contributed by atoms with Gasteiger partial charge in [-0.05, 0) is 23.8 Å². The van der Waals surface area contributed by atoms with Crippen LogP contribution < -0.4 is 5.32 Å². The summed E-state index contributed by atoms with van der Waals surface area (Å²) in [5.74, 6) is 0. The van der Waals surface area contributed by atoms with Gasteiger partial charge < -0.3 is 10.4 Å². The third-order valence-electron chi connectivity index (χ3n) is 2.75. The molecule has 0 radical (unpaired) electrons. The van der Waals surface area contributed by atoms with Crippen LogP contribution in [0.1, 0.15) is 11.1 Å². The molecule has 1 heterocycles. The van der Waals surface area contributed by atoms with E-state index in [1.54, 1.807) is 23.0 Å². The largest absolute Gasteiger partial charge is 0.390 e. The first-order valence-corrected chi connectivity index (χ1v) is 6.13. The first kappa shape index (κ1) is 13.3. The molecule has 5 heteroatoms. The zero-order chi connectivity index (χ0) is 13.5. The Morgan fingerprint density at radius 3 is 2.79 bits per heavy atom. The van der Waals surface area contributed by atoms with E-state index in [2.05, 4.69) is 16.5 Å². The number of nitrogens with one attached hydrogen (secondary N) is 1. The maximum absolute atomic E-state index is 9.81. The summed E-state index contributed by atoms with van der Waals surface area (Å²) >= 11 is 0. The Labute approximate surface area is 112 Å². The SMILES string of the molecule is N#Cc1ccc(CNCC(O)Cn2cccn2)cc1. The molecular weight excluding hydrogens is 240 g/mol. The average Bonchev–Trinajstić information content (AvgIpc) is 2.92. The number of aliphatic hydroxyl groups is 1. The summed E-state index contributed by atoms with van der Waals surface area (Å²) in [6.45, 7) is 1.65. The number of nitrogens with zero attached hydrogens (tertiary/aromatic N) is 3. The lowest BCUT2D eigenvalue weighted by Gasteiger charge is -2.12. The molecule has 19 heavy (non-hydrogen) atoms. The molecule has 1 atom stereocenters. The van der Waals surface area contributed by atoms with E-state index in [9.17, 15) is 5.11 Å². The maximum Gasteiger partial charge on any atom is 0.0991 e. The Hall–Kier alpha value is -2.16. The third kappa shape index (κ3) is 4.21. The molecule has 2 aromatic rings. The van der Waals surface area contributed by atoms with Gasteiger partial charge in [-0.25, -0.2) is 0 Å². The van der Waals surface area contributed by atoms with E-state index in [0.29, 0.717) is 25.2 Å². The van der Waals surface area contributed by atoms with Gasteiger partial charge in [0.25, 0.3) is 0 Å². The highest BCUT2D eigenvalue weighted by atomic mass is 16.3. The van der Waals surface area contributed by atoms with Crippen LogP contribution in [-0.2, 0) is 13.1 Å². The van der Waals surface area contributed by atoms with Crippen molar-refractivity contribution in [3.05, 3.63) is 53.9 Å². The standard InChI is InChI=1S/C14H16N4O/c15-8-12-2-4-13(5-3-12)9-16-10-14(19)11-18-7-1-6-17-18/h1-7,14,16,19H,9-11H2. The van der Waals surface area contributed by atoms with Crippen molar-refractivity contribution in [2.45, 2.75) is 19.2 Å². The highest BCUT2D eigenvalue weighted by Gasteiger charge is 2.04. The molecule has 1 aromatic heterocycles. The minimum absolute atomic E-state index is 0.474. The molecule has 0 aliphatic heterocycles. The fraction of sp³-hybridized carbons (Fsp3) is 0.286. The van der Waals surface area contributed by atoms with Crippen molar-refractivity contribution in [2.75, 3.05) is 6.54 Å². The number of aromatic nitrogens is 2. The fourth-order valence-electron chi connectivity index (χ4n) is 1.77. The summed E-state index contributed by atoms with van der Waals surface area (Å²) in [5, 5.41) is 25.7. The van der Waals surface area contributed by atoms with Gasteiger partial charge in [-0.3, -0.25) is 4.68 Å². The lowest BCUT2D eigenvalue weighted by Crippen LogP contribution is -2.30. The predicted octanol–water partition coefficient (Wildman–Crippen LogP) is 0.905. The van der Waals surface area contributed by atoms with Gasteiger partial charge in [0.15, 0.2) is 0 Å². The second-order valence-electron chi connectivity index (χ2n) is 4.32. The zero-order valence-electron chi connectivity index (χ0n) is 10.5. The minimum Gasteiger partial charge on any atom is -0.390 e. The molecule has 1 aromatic carbocycles. The second-order valence-corrected chi connectivity index (χ2v) is 4.32. The maximum atomic E-state index is 9.81. The number of nitriles is 1. The zero-order valence-corrected chi connectivity index (χ0v) is 10.5. The van der Waals surface area contributed by atoms with Crippen molar-refractivity contribution < 1.29 is 5.11 Å². The predicted molar refractivity (Wildman–Crippen MR) is 71.1 cm³/mol. The van der Waals surface area contributed by atoms with Crippen LogP contribution in [0, 0.1) is 11.3 Å². The topological polar surface area (TPSA) is 73.9 Å². The molecule has 0 aliphatic rings. The summed E-state index contributed by atoms with van der Waals surface area (Å²) in [6.07, 6.45) is 3.04. The number of aliphatic hydroxyl groups excluding tert-OH is 1. The van der Waals surface area contributed by atoms with Gasteiger partial charge in [0, 0.05) is 25.5 Å². The van der Waals surface area contributed by atoms with Gasteiger partial charge in [0.05, 0.1) is 24.3 Å². The smallest absolute Gasteiger partial charge is 0.0991 e. The number of hydrogen-bond donors (Lipinski definition) is 2. The average molecular weight is 256 g/mol. The van der Waals surface area contributed by atoms with Gasteiger partial charge >= 0.3 is 0 Å². The van der Waals surface area contributed by atoms with E-state index in [1.807, 2.05) is 24.4 Å². The van der Waals surface area contributed by atoms with Crippen LogP contribution >= 0.6 is 0 Å². The summed E-state index contributed by atoms with van der Waals surface area (Å²) in [4.78, 5) is 0. The van der Waals surface area contributed by atoms with Crippen LogP contribution in [0.2, 0.25) is 0 Å². The Kier molecular flexibility index (Phi) is 4.67. The summed E-state index contributed by atoms with van der Waals surface area (Å²) < 4.78 is 1.70. The lowest BCUT2D eigenvalue weighted by atomic mass is 10.1. The van der Waals surface area contributed by atoms with E-state index >= 15 is 0 Å². The molecule has 0 spiro atoms. The van der Waals surface area contributed by atoms with Crippen molar-refractivity contribution in [3.63, 3.8) is 0 Å². The molecule has 5 nitrogen and oxygen atoms in total. The van der Waals surface area contributed by atoms with Crippen molar-refractivity contribution in [1.82, 2.24) is 15.1 Å². The van der Waals surface area contributed by atoms with Crippen molar-refractivity contribution in [3.8, 4) is 6.07 Å². The quantitative estimate of drug-likeness (QED) is 0.805. The molecule has 1 unspecified atom stereocenters. The van der Waals surface area contributed by atoms with E-state index in [1.165, 1.54) is 0 Å². The van der Waals surface area contributed by atoms with E-state index in [-0.39, 0.29) is 0 Å². The van der Waals surface area contributed by atoms with Crippen LogP contribution in [0.5, 0.6) is 0 Å². The summed E-state index contributed by atoms with van der Waals surface area (Å²) in [5.41, 5.74) is 1.74. The van der Waals surface area contributed by atoms with Crippen molar-refractivity contribution >= 4 is 0 Å². The van der Waals surface area contributed by atoms with Crippen molar-refractivity contribution in [1.29, 1.82) is 5.26 Å².